The van der Waals surface area contributed by atoms with Crippen LogP contribution >= 0.6 is 0 Å². The average Bonchev–Trinajstić information content (AvgIpc) is 2.89. The molecule has 0 aliphatic carbocycles. The van der Waals surface area contributed by atoms with E-state index in [0.717, 1.165) is 5.56 Å². The predicted octanol–water partition coefficient (Wildman–Crippen LogP) is 3.28. The first-order valence-corrected chi connectivity index (χ1v) is 7.16. The Labute approximate surface area is 132 Å². The van der Waals surface area contributed by atoms with E-state index in [2.05, 4.69) is 0 Å². The monoisotopic (exact) mass is 314 g/mol. The van der Waals surface area contributed by atoms with Crippen LogP contribution < -0.4 is 9.80 Å². The van der Waals surface area contributed by atoms with Crippen molar-refractivity contribution >= 4 is 23.4 Å². The van der Waals surface area contributed by atoms with Gasteiger partial charge in [0.05, 0.1) is 11.3 Å². The number of carboxylic acid groups (broad SMARTS) is 1. The summed E-state index contributed by atoms with van der Waals surface area (Å²) in [5.74, 6) is -1.50. The molecule has 1 aliphatic rings. The summed E-state index contributed by atoms with van der Waals surface area (Å²) in [6.07, 6.45) is 0. The standard InChI is InChI=1S/C17H15FN2O3/c1-11-5-6-15(14(18)9-11)20-8-7-19(17(20)23)13-4-2-3-12(10-13)16(21)22/h2-6,9-10H,7-8H2,1H3,(H,21,22). The number of rotatable bonds is 3. The molecule has 0 unspecified atom stereocenters. The van der Waals surface area contributed by atoms with Gasteiger partial charge in [0.15, 0.2) is 0 Å². The molecular formula is C17H15FN2O3. The minimum Gasteiger partial charge on any atom is -0.478 e. The van der Waals surface area contributed by atoms with Crippen molar-refractivity contribution in [3.8, 4) is 0 Å². The number of benzene rings is 2. The number of hydrogen-bond acceptors (Lipinski definition) is 2. The highest BCUT2D eigenvalue weighted by molar-refractivity contribution is 6.06. The SMILES string of the molecule is Cc1ccc(N2CCN(c3cccc(C(=O)O)c3)C2=O)c(F)c1. The molecular weight excluding hydrogens is 299 g/mol. The van der Waals surface area contributed by atoms with Crippen molar-refractivity contribution in [2.45, 2.75) is 6.92 Å². The predicted molar refractivity (Wildman–Crippen MR) is 84.6 cm³/mol. The van der Waals surface area contributed by atoms with Gasteiger partial charge in [0.1, 0.15) is 5.82 Å². The topological polar surface area (TPSA) is 60.9 Å². The maximum atomic E-state index is 14.1. The Kier molecular flexibility index (Phi) is 3.73. The minimum atomic E-state index is -1.06. The Hall–Kier alpha value is -2.89. The maximum Gasteiger partial charge on any atom is 0.335 e. The molecule has 0 aromatic heterocycles. The van der Waals surface area contributed by atoms with Crippen molar-refractivity contribution in [2.24, 2.45) is 0 Å². The van der Waals surface area contributed by atoms with Crippen LogP contribution in [0.5, 0.6) is 0 Å². The summed E-state index contributed by atoms with van der Waals surface area (Å²) < 4.78 is 14.1. The summed E-state index contributed by atoms with van der Waals surface area (Å²) in [5.41, 5.74) is 1.61. The van der Waals surface area contributed by atoms with Crippen molar-refractivity contribution in [3.63, 3.8) is 0 Å². The van der Waals surface area contributed by atoms with Gasteiger partial charge in [-0.3, -0.25) is 9.80 Å². The lowest BCUT2D eigenvalue weighted by Gasteiger charge is -2.19. The van der Waals surface area contributed by atoms with Gasteiger partial charge in [0.25, 0.3) is 0 Å². The van der Waals surface area contributed by atoms with E-state index in [9.17, 15) is 14.0 Å². The third-order valence-corrected chi connectivity index (χ3v) is 3.81. The summed E-state index contributed by atoms with van der Waals surface area (Å²) in [5, 5.41) is 9.05. The zero-order valence-electron chi connectivity index (χ0n) is 12.5. The molecule has 2 aromatic rings. The summed E-state index contributed by atoms with van der Waals surface area (Å²) in [6.45, 7) is 2.49. The van der Waals surface area contributed by atoms with Crippen molar-refractivity contribution in [1.82, 2.24) is 0 Å². The maximum absolute atomic E-state index is 14.1. The number of carboxylic acids is 1. The number of urea groups is 1. The summed E-state index contributed by atoms with van der Waals surface area (Å²) in [7, 11) is 0. The molecule has 6 heteroatoms. The molecule has 0 bridgehead atoms. The van der Waals surface area contributed by atoms with E-state index in [0.29, 0.717) is 18.8 Å². The lowest BCUT2D eigenvalue weighted by atomic mass is 10.2. The Morgan fingerprint density at radius 1 is 1.13 bits per heavy atom. The number of aryl methyl sites for hydroxylation is 1. The Morgan fingerprint density at radius 3 is 2.57 bits per heavy atom. The number of halogens is 1. The van der Waals surface area contributed by atoms with Crippen LogP contribution in [0.3, 0.4) is 0 Å². The van der Waals surface area contributed by atoms with Gasteiger partial charge in [0.2, 0.25) is 0 Å². The number of nitrogens with zero attached hydrogens (tertiary/aromatic N) is 2. The zero-order chi connectivity index (χ0) is 16.6. The largest absolute Gasteiger partial charge is 0.478 e. The second kappa shape index (κ2) is 5.72. The van der Waals surface area contributed by atoms with Crippen molar-refractivity contribution in [3.05, 3.63) is 59.4 Å². The van der Waals surface area contributed by atoms with Crippen LogP contribution in [-0.4, -0.2) is 30.2 Å². The van der Waals surface area contributed by atoms with Crippen LogP contribution in [0.2, 0.25) is 0 Å². The molecule has 23 heavy (non-hydrogen) atoms. The number of aromatic carboxylic acids is 1. The molecule has 1 saturated heterocycles. The van der Waals surface area contributed by atoms with Gasteiger partial charge >= 0.3 is 12.0 Å². The highest BCUT2D eigenvalue weighted by Crippen LogP contribution is 2.28. The van der Waals surface area contributed by atoms with E-state index >= 15 is 0 Å². The van der Waals surface area contributed by atoms with E-state index in [1.807, 2.05) is 0 Å². The van der Waals surface area contributed by atoms with Crippen LogP contribution in [-0.2, 0) is 0 Å². The third kappa shape index (κ3) is 2.75. The Morgan fingerprint density at radius 2 is 1.87 bits per heavy atom. The van der Waals surface area contributed by atoms with E-state index in [-0.39, 0.29) is 17.3 Å². The molecule has 0 radical (unpaired) electrons. The molecule has 5 nitrogen and oxygen atoms in total. The number of carbonyl (C=O) groups excluding carboxylic acids is 1. The minimum absolute atomic E-state index is 0.107. The molecule has 0 spiro atoms. The van der Waals surface area contributed by atoms with Crippen LogP contribution in [0.4, 0.5) is 20.6 Å². The van der Waals surface area contributed by atoms with Crippen molar-refractivity contribution in [1.29, 1.82) is 0 Å². The molecule has 3 rings (SSSR count). The molecule has 1 N–H and O–H groups in total. The molecule has 1 fully saturated rings. The summed E-state index contributed by atoms with van der Waals surface area (Å²) in [4.78, 5) is 26.4. The van der Waals surface area contributed by atoms with Gasteiger partial charge < -0.3 is 5.11 Å². The molecule has 0 atom stereocenters. The molecule has 1 heterocycles. The summed E-state index contributed by atoms with van der Waals surface area (Å²) >= 11 is 0. The quantitative estimate of drug-likeness (QED) is 0.946. The molecule has 2 aromatic carbocycles. The first-order chi connectivity index (χ1) is 11.0. The van der Waals surface area contributed by atoms with Crippen LogP contribution in [0.1, 0.15) is 15.9 Å². The number of hydrogen-bond donors (Lipinski definition) is 1. The van der Waals surface area contributed by atoms with Gasteiger partial charge in [-0.15, -0.1) is 0 Å². The lowest BCUT2D eigenvalue weighted by Crippen LogP contribution is -2.32. The molecule has 118 valence electrons. The fraction of sp³-hybridized carbons (Fsp3) is 0.176. The van der Waals surface area contributed by atoms with Crippen molar-refractivity contribution < 1.29 is 19.1 Å². The normalized spacial score (nSPS) is 14.4. The molecule has 2 amide bonds. The highest BCUT2D eigenvalue weighted by Gasteiger charge is 2.32. The number of amides is 2. The fourth-order valence-corrected chi connectivity index (χ4v) is 2.64. The van der Waals surface area contributed by atoms with Crippen LogP contribution in [0, 0.1) is 12.7 Å². The number of carbonyl (C=O) groups is 2. The fourth-order valence-electron chi connectivity index (χ4n) is 2.64. The van der Waals surface area contributed by atoms with Gasteiger partial charge in [0, 0.05) is 18.8 Å². The summed E-state index contributed by atoms with van der Waals surface area (Å²) in [6, 6.07) is 10.5. The molecule has 1 aliphatic heterocycles. The highest BCUT2D eigenvalue weighted by atomic mass is 19.1. The first-order valence-electron chi connectivity index (χ1n) is 7.16. The van der Waals surface area contributed by atoms with E-state index < -0.39 is 11.8 Å². The van der Waals surface area contributed by atoms with Gasteiger partial charge in [-0.25, -0.2) is 14.0 Å². The Bertz CT molecular complexity index is 791. The van der Waals surface area contributed by atoms with E-state index in [4.69, 9.17) is 5.11 Å². The second-order valence-electron chi connectivity index (χ2n) is 5.40. The number of anilines is 2. The van der Waals surface area contributed by atoms with Gasteiger partial charge in [-0.2, -0.15) is 0 Å². The smallest absolute Gasteiger partial charge is 0.335 e. The lowest BCUT2D eigenvalue weighted by molar-refractivity contribution is 0.0697. The van der Waals surface area contributed by atoms with E-state index in [1.165, 1.54) is 28.0 Å². The average molecular weight is 314 g/mol. The van der Waals surface area contributed by atoms with Crippen LogP contribution in [0.15, 0.2) is 42.5 Å². The molecule has 0 saturated carbocycles. The van der Waals surface area contributed by atoms with Crippen molar-refractivity contribution in [2.75, 3.05) is 22.9 Å². The van der Waals surface area contributed by atoms with Crippen LogP contribution in [0.25, 0.3) is 0 Å². The van der Waals surface area contributed by atoms with E-state index in [1.54, 1.807) is 31.2 Å². The Balaban J connectivity index is 1.89. The first kappa shape index (κ1) is 15.0. The second-order valence-corrected chi connectivity index (χ2v) is 5.40. The zero-order valence-corrected chi connectivity index (χ0v) is 12.5. The van der Waals surface area contributed by atoms with Gasteiger partial charge in [-0.1, -0.05) is 12.1 Å². The third-order valence-electron chi connectivity index (χ3n) is 3.81. The van der Waals surface area contributed by atoms with Gasteiger partial charge in [-0.05, 0) is 42.8 Å².